The summed E-state index contributed by atoms with van der Waals surface area (Å²) in [7, 11) is 0. The van der Waals surface area contributed by atoms with Crippen LogP contribution < -0.4 is 5.73 Å². The Kier molecular flexibility index (Phi) is 5.35. The minimum atomic E-state index is -0.555. The van der Waals surface area contributed by atoms with Gasteiger partial charge in [0.2, 0.25) is 0 Å². The number of Topliss-reactive ketones (excluding diaryl/α,β-unsaturated/α-hetero) is 1. The fourth-order valence-corrected chi connectivity index (χ4v) is 2.21. The zero-order chi connectivity index (χ0) is 14.6. The standard InChI is InChI=1S/C14H26N2O3/c1-5-6-7-12(17)11-8-10(15)9-16(11)13(18)19-14(2,3)4/h10-11H,5-9,15H2,1-4H3/t10-,11?/m0/s1. The predicted molar refractivity (Wildman–Crippen MR) is 73.9 cm³/mol. The van der Waals surface area contributed by atoms with Gasteiger partial charge in [-0.25, -0.2) is 4.79 Å². The maximum Gasteiger partial charge on any atom is 0.410 e. The van der Waals surface area contributed by atoms with Gasteiger partial charge < -0.3 is 10.5 Å². The van der Waals surface area contributed by atoms with Crippen LogP contribution in [0.3, 0.4) is 0 Å². The van der Waals surface area contributed by atoms with Gasteiger partial charge in [0.1, 0.15) is 5.60 Å². The van der Waals surface area contributed by atoms with Crippen molar-refractivity contribution in [2.45, 2.75) is 71.1 Å². The molecular weight excluding hydrogens is 244 g/mol. The van der Waals surface area contributed by atoms with Gasteiger partial charge in [-0.05, 0) is 33.6 Å². The van der Waals surface area contributed by atoms with Gasteiger partial charge in [-0.1, -0.05) is 13.3 Å². The van der Waals surface area contributed by atoms with Crippen LogP contribution in [0.4, 0.5) is 4.79 Å². The van der Waals surface area contributed by atoms with Gasteiger partial charge in [0.05, 0.1) is 6.04 Å². The zero-order valence-electron chi connectivity index (χ0n) is 12.4. The van der Waals surface area contributed by atoms with E-state index in [0.29, 0.717) is 19.4 Å². The first kappa shape index (κ1) is 16.0. The molecule has 0 saturated carbocycles. The van der Waals surface area contributed by atoms with E-state index in [1.165, 1.54) is 4.90 Å². The number of hydrogen-bond donors (Lipinski definition) is 1. The quantitative estimate of drug-likeness (QED) is 0.849. The molecule has 1 saturated heterocycles. The summed E-state index contributed by atoms with van der Waals surface area (Å²) in [4.78, 5) is 25.7. The Hall–Kier alpha value is -1.10. The molecule has 0 aromatic carbocycles. The van der Waals surface area contributed by atoms with Crippen LogP contribution in [-0.2, 0) is 9.53 Å². The predicted octanol–water partition coefficient (Wildman–Crippen LogP) is 2.08. The summed E-state index contributed by atoms with van der Waals surface area (Å²) in [6, 6.07) is -0.542. The maximum absolute atomic E-state index is 12.1. The number of hydrogen-bond acceptors (Lipinski definition) is 4. The highest BCUT2D eigenvalue weighted by Gasteiger charge is 2.39. The van der Waals surface area contributed by atoms with Crippen molar-refractivity contribution in [3.05, 3.63) is 0 Å². The van der Waals surface area contributed by atoms with Gasteiger partial charge in [0, 0.05) is 19.0 Å². The van der Waals surface area contributed by atoms with Crippen LogP contribution in [0.15, 0.2) is 0 Å². The molecule has 0 aliphatic carbocycles. The van der Waals surface area contributed by atoms with Crippen molar-refractivity contribution < 1.29 is 14.3 Å². The minimum Gasteiger partial charge on any atom is -0.444 e. The average molecular weight is 270 g/mol. The fraction of sp³-hybridized carbons (Fsp3) is 0.857. The molecule has 1 rings (SSSR count). The summed E-state index contributed by atoms with van der Waals surface area (Å²) < 4.78 is 5.33. The molecule has 5 heteroatoms. The van der Waals surface area contributed by atoms with Crippen molar-refractivity contribution in [2.75, 3.05) is 6.54 Å². The lowest BCUT2D eigenvalue weighted by atomic mass is 10.0. The number of rotatable bonds is 4. The molecule has 0 spiro atoms. The van der Waals surface area contributed by atoms with Gasteiger partial charge in [-0.3, -0.25) is 9.69 Å². The van der Waals surface area contributed by atoms with E-state index < -0.39 is 17.7 Å². The molecule has 0 aromatic rings. The first-order chi connectivity index (χ1) is 8.74. The highest BCUT2D eigenvalue weighted by Crippen LogP contribution is 2.22. The smallest absolute Gasteiger partial charge is 0.410 e. The van der Waals surface area contributed by atoms with E-state index in [2.05, 4.69) is 0 Å². The van der Waals surface area contributed by atoms with E-state index in [1.54, 1.807) is 0 Å². The van der Waals surface area contributed by atoms with Gasteiger partial charge >= 0.3 is 6.09 Å². The highest BCUT2D eigenvalue weighted by atomic mass is 16.6. The summed E-state index contributed by atoms with van der Waals surface area (Å²) in [6.45, 7) is 7.88. The molecule has 19 heavy (non-hydrogen) atoms. The highest BCUT2D eigenvalue weighted by molar-refractivity contribution is 5.88. The molecule has 1 aliphatic rings. The zero-order valence-corrected chi connectivity index (χ0v) is 12.4. The molecule has 0 bridgehead atoms. The lowest BCUT2D eigenvalue weighted by Crippen LogP contribution is -2.43. The number of unbranched alkanes of at least 4 members (excludes halogenated alkanes) is 1. The van der Waals surface area contributed by atoms with E-state index in [4.69, 9.17) is 10.5 Å². The summed E-state index contributed by atoms with van der Waals surface area (Å²) in [5.41, 5.74) is 5.33. The van der Waals surface area contributed by atoms with Gasteiger partial charge in [0.15, 0.2) is 5.78 Å². The summed E-state index contributed by atoms with van der Waals surface area (Å²) >= 11 is 0. The maximum atomic E-state index is 12.1. The van der Waals surface area contributed by atoms with Crippen LogP contribution in [0, 0.1) is 0 Å². The number of nitrogens with zero attached hydrogens (tertiary/aromatic N) is 1. The number of likely N-dealkylation sites (tertiary alicyclic amines) is 1. The van der Waals surface area contributed by atoms with Crippen molar-refractivity contribution in [3.63, 3.8) is 0 Å². The minimum absolute atomic E-state index is 0.0978. The lowest BCUT2D eigenvalue weighted by Gasteiger charge is -2.27. The summed E-state index contributed by atoms with van der Waals surface area (Å²) in [6.07, 6.45) is 2.44. The van der Waals surface area contributed by atoms with Gasteiger partial charge in [-0.2, -0.15) is 0 Å². The van der Waals surface area contributed by atoms with Crippen molar-refractivity contribution in [3.8, 4) is 0 Å². The Balaban J connectivity index is 2.68. The summed E-state index contributed by atoms with van der Waals surface area (Å²) in [5, 5.41) is 0. The molecular formula is C14H26N2O3. The van der Waals surface area contributed by atoms with Crippen molar-refractivity contribution in [1.29, 1.82) is 0 Å². The second-order valence-corrected chi connectivity index (χ2v) is 6.21. The average Bonchev–Trinajstić information content (AvgIpc) is 2.66. The number of amides is 1. The monoisotopic (exact) mass is 270 g/mol. The molecule has 1 aliphatic heterocycles. The van der Waals surface area contributed by atoms with Crippen molar-refractivity contribution in [1.82, 2.24) is 4.90 Å². The van der Waals surface area contributed by atoms with Crippen LogP contribution in [-0.4, -0.2) is 41.0 Å². The molecule has 2 N–H and O–H groups in total. The van der Waals surface area contributed by atoms with Crippen molar-refractivity contribution in [2.24, 2.45) is 5.73 Å². The second-order valence-electron chi connectivity index (χ2n) is 6.21. The summed E-state index contributed by atoms with van der Waals surface area (Å²) in [5.74, 6) is 0.0978. The molecule has 1 fully saturated rings. The van der Waals surface area contributed by atoms with Crippen LogP contribution in [0.1, 0.15) is 53.4 Å². The van der Waals surface area contributed by atoms with Gasteiger partial charge in [-0.15, -0.1) is 0 Å². The van der Waals surface area contributed by atoms with Crippen LogP contribution in [0.2, 0.25) is 0 Å². The Bertz CT molecular complexity index is 336. The van der Waals surface area contributed by atoms with Gasteiger partial charge in [0.25, 0.3) is 0 Å². The molecule has 0 aromatic heterocycles. The Morgan fingerprint density at radius 3 is 2.53 bits per heavy atom. The number of ether oxygens (including phenoxy) is 1. The normalized spacial score (nSPS) is 23.5. The van der Waals surface area contributed by atoms with Crippen molar-refractivity contribution >= 4 is 11.9 Å². The molecule has 1 unspecified atom stereocenters. The van der Waals surface area contributed by atoms with E-state index in [0.717, 1.165) is 12.8 Å². The fourth-order valence-electron chi connectivity index (χ4n) is 2.21. The topological polar surface area (TPSA) is 72.6 Å². The molecule has 5 nitrogen and oxygen atoms in total. The lowest BCUT2D eigenvalue weighted by molar-refractivity contribution is -0.123. The largest absolute Gasteiger partial charge is 0.444 e. The number of nitrogens with two attached hydrogens (primary N) is 1. The Labute approximate surface area is 115 Å². The SMILES string of the molecule is CCCCC(=O)C1C[C@H](N)CN1C(=O)OC(C)(C)C. The second kappa shape index (κ2) is 6.37. The third-order valence-corrected chi connectivity index (χ3v) is 3.11. The first-order valence-electron chi connectivity index (χ1n) is 7.02. The van der Waals surface area contributed by atoms with E-state index in [-0.39, 0.29) is 11.8 Å². The van der Waals surface area contributed by atoms with E-state index in [9.17, 15) is 9.59 Å². The molecule has 0 radical (unpaired) electrons. The number of carbonyl (C=O) groups excluding carboxylic acids is 2. The third kappa shape index (κ3) is 4.82. The van der Waals surface area contributed by atoms with Crippen LogP contribution in [0.25, 0.3) is 0 Å². The number of carbonyl (C=O) groups is 2. The number of ketones is 1. The first-order valence-corrected chi connectivity index (χ1v) is 7.02. The Morgan fingerprint density at radius 2 is 2.00 bits per heavy atom. The molecule has 2 atom stereocenters. The molecule has 1 heterocycles. The van der Waals surface area contributed by atoms with E-state index in [1.807, 2.05) is 27.7 Å². The molecule has 110 valence electrons. The van der Waals surface area contributed by atoms with E-state index >= 15 is 0 Å². The van der Waals surface area contributed by atoms with Crippen LogP contribution >= 0.6 is 0 Å². The molecule has 1 amide bonds. The van der Waals surface area contributed by atoms with Crippen LogP contribution in [0.5, 0.6) is 0 Å². The Morgan fingerprint density at radius 1 is 1.37 bits per heavy atom. The third-order valence-electron chi connectivity index (χ3n) is 3.11.